The van der Waals surface area contributed by atoms with E-state index in [1.165, 1.54) is 6.07 Å². The summed E-state index contributed by atoms with van der Waals surface area (Å²) in [7, 11) is 0. The molecule has 0 aliphatic carbocycles. The number of rotatable bonds is 6. The Labute approximate surface area is 214 Å². The van der Waals surface area contributed by atoms with Crippen molar-refractivity contribution >= 4 is 23.1 Å². The lowest BCUT2D eigenvalue weighted by Crippen LogP contribution is -2.42. The van der Waals surface area contributed by atoms with Gasteiger partial charge in [0.15, 0.2) is 17.8 Å². The second-order valence-electron chi connectivity index (χ2n) is 9.30. The van der Waals surface area contributed by atoms with Crippen LogP contribution in [0.4, 0.5) is 10.1 Å². The van der Waals surface area contributed by atoms with E-state index in [1.54, 1.807) is 6.07 Å². The summed E-state index contributed by atoms with van der Waals surface area (Å²) >= 11 is 0. The number of carbonyl (C=O) groups is 1. The largest absolute Gasteiger partial charge is 0.470 e. The predicted octanol–water partition coefficient (Wildman–Crippen LogP) is 3.02. The number of nitrogens with zero attached hydrogens (tertiary/aromatic N) is 2. The first kappa shape index (κ1) is 25.4. The number of aromatic amines is 1. The molecule has 4 atom stereocenters. The van der Waals surface area contributed by atoms with Crippen LogP contribution < -0.4 is 15.0 Å². The average molecular weight is 513 g/mol. The predicted molar refractivity (Wildman–Crippen MR) is 137 cm³/mol. The van der Waals surface area contributed by atoms with Gasteiger partial charge >= 0.3 is 0 Å². The fourth-order valence-electron chi connectivity index (χ4n) is 5.21. The SMILES string of the molecule is CC.O=CNC1CCN(c2ccc(-c3nc4cc(OC5CO[C@@H]6C(O)CO[C@H]56)[nH]c4cc3F)cc2)CC1. The minimum Gasteiger partial charge on any atom is -0.470 e. The summed E-state index contributed by atoms with van der Waals surface area (Å²) in [6, 6.07) is 11.1. The maximum absolute atomic E-state index is 15.0. The molecular formula is C27H33FN4O5. The second kappa shape index (κ2) is 11.0. The van der Waals surface area contributed by atoms with Crippen LogP contribution in [0.2, 0.25) is 0 Å². The molecule has 198 valence electrons. The van der Waals surface area contributed by atoms with Crippen LogP contribution in [0.15, 0.2) is 36.4 Å². The molecule has 3 N–H and O–H groups in total. The van der Waals surface area contributed by atoms with Crippen LogP contribution in [0.3, 0.4) is 0 Å². The molecule has 3 aromatic rings. The zero-order chi connectivity index (χ0) is 25.9. The maximum Gasteiger partial charge on any atom is 0.207 e. The van der Waals surface area contributed by atoms with E-state index in [0.29, 0.717) is 29.1 Å². The highest BCUT2D eigenvalue weighted by Gasteiger charge is 2.48. The number of aliphatic hydroxyl groups is 1. The van der Waals surface area contributed by atoms with Crippen molar-refractivity contribution < 1.29 is 28.5 Å². The summed E-state index contributed by atoms with van der Waals surface area (Å²) < 4.78 is 32.2. The van der Waals surface area contributed by atoms with Crippen molar-refractivity contribution in [3.8, 4) is 17.1 Å². The molecule has 5 heterocycles. The lowest BCUT2D eigenvalue weighted by atomic mass is 10.0. The van der Waals surface area contributed by atoms with Gasteiger partial charge in [-0.2, -0.15) is 0 Å². The van der Waals surface area contributed by atoms with E-state index in [9.17, 15) is 14.3 Å². The van der Waals surface area contributed by atoms with Gasteiger partial charge in [-0.3, -0.25) is 4.79 Å². The molecule has 0 bridgehead atoms. The van der Waals surface area contributed by atoms with E-state index in [-0.39, 0.29) is 36.7 Å². The zero-order valence-electron chi connectivity index (χ0n) is 21.0. The zero-order valence-corrected chi connectivity index (χ0v) is 21.0. The number of piperidine rings is 1. The van der Waals surface area contributed by atoms with Gasteiger partial charge in [-0.15, -0.1) is 0 Å². The Kier molecular flexibility index (Phi) is 7.59. The molecule has 2 aromatic heterocycles. The molecule has 6 rings (SSSR count). The number of aromatic nitrogens is 2. The highest BCUT2D eigenvalue weighted by molar-refractivity contribution is 5.81. The first-order valence-corrected chi connectivity index (χ1v) is 12.9. The van der Waals surface area contributed by atoms with Gasteiger partial charge in [-0.1, -0.05) is 26.0 Å². The molecule has 9 nitrogen and oxygen atoms in total. The average Bonchev–Trinajstić information content (AvgIpc) is 3.62. The fourth-order valence-corrected chi connectivity index (χ4v) is 5.21. The van der Waals surface area contributed by atoms with Crippen molar-refractivity contribution in [1.29, 1.82) is 0 Å². The van der Waals surface area contributed by atoms with E-state index in [0.717, 1.165) is 38.0 Å². The van der Waals surface area contributed by atoms with Gasteiger partial charge in [0, 0.05) is 42.5 Å². The summed E-state index contributed by atoms with van der Waals surface area (Å²) in [6.07, 6.45) is 0.837. The third kappa shape index (κ3) is 5.14. The highest BCUT2D eigenvalue weighted by atomic mass is 19.1. The van der Waals surface area contributed by atoms with Crippen molar-refractivity contribution in [3.63, 3.8) is 0 Å². The molecule has 2 unspecified atom stereocenters. The molecule has 37 heavy (non-hydrogen) atoms. The topological polar surface area (TPSA) is 109 Å². The first-order chi connectivity index (χ1) is 18.1. The molecule has 3 aliphatic heterocycles. The van der Waals surface area contributed by atoms with Crippen LogP contribution in [-0.4, -0.2) is 78.2 Å². The van der Waals surface area contributed by atoms with E-state index in [4.69, 9.17) is 14.2 Å². The number of ether oxygens (including phenoxy) is 3. The van der Waals surface area contributed by atoms with Crippen molar-refractivity contribution in [2.75, 3.05) is 31.2 Å². The molecular weight excluding hydrogens is 479 g/mol. The summed E-state index contributed by atoms with van der Waals surface area (Å²) in [4.78, 5) is 20.5. The van der Waals surface area contributed by atoms with Gasteiger partial charge in [0.1, 0.15) is 24.0 Å². The third-order valence-corrected chi connectivity index (χ3v) is 7.10. The van der Waals surface area contributed by atoms with E-state index < -0.39 is 11.9 Å². The molecule has 0 radical (unpaired) electrons. The van der Waals surface area contributed by atoms with Crippen LogP contribution in [-0.2, 0) is 14.3 Å². The van der Waals surface area contributed by atoms with E-state index in [1.807, 2.05) is 38.1 Å². The Morgan fingerprint density at radius 3 is 2.59 bits per heavy atom. The number of amides is 1. The smallest absolute Gasteiger partial charge is 0.207 e. The molecule has 1 amide bonds. The normalized spacial score (nSPS) is 25.5. The van der Waals surface area contributed by atoms with Gasteiger partial charge in [0.25, 0.3) is 0 Å². The summed E-state index contributed by atoms with van der Waals surface area (Å²) in [5.74, 6) is 0.0250. The number of pyridine rings is 1. The molecule has 0 spiro atoms. The first-order valence-electron chi connectivity index (χ1n) is 12.9. The van der Waals surface area contributed by atoms with Crippen LogP contribution in [0, 0.1) is 5.82 Å². The number of nitrogens with one attached hydrogen (secondary N) is 2. The lowest BCUT2D eigenvalue weighted by molar-refractivity contribution is -0.110. The molecule has 1 aromatic carbocycles. The number of halogens is 1. The summed E-state index contributed by atoms with van der Waals surface area (Å²) in [5.41, 5.74) is 3.15. The summed E-state index contributed by atoms with van der Waals surface area (Å²) in [6.45, 7) is 6.25. The Hall–Kier alpha value is -3.21. The Morgan fingerprint density at radius 2 is 1.86 bits per heavy atom. The van der Waals surface area contributed by atoms with E-state index in [2.05, 4.69) is 20.2 Å². The van der Waals surface area contributed by atoms with Crippen LogP contribution in [0.1, 0.15) is 26.7 Å². The molecule has 3 fully saturated rings. The van der Waals surface area contributed by atoms with Crippen molar-refractivity contribution in [3.05, 3.63) is 42.2 Å². The monoisotopic (exact) mass is 512 g/mol. The summed E-state index contributed by atoms with van der Waals surface area (Å²) in [5, 5.41) is 12.8. The Balaban J connectivity index is 0.00000137. The van der Waals surface area contributed by atoms with Crippen molar-refractivity contribution in [1.82, 2.24) is 15.3 Å². The lowest BCUT2D eigenvalue weighted by Gasteiger charge is -2.33. The van der Waals surface area contributed by atoms with Crippen LogP contribution in [0.5, 0.6) is 5.88 Å². The Bertz CT molecular complexity index is 1210. The van der Waals surface area contributed by atoms with Gasteiger partial charge in [-0.05, 0) is 25.0 Å². The van der Waals surface area contributed by atoms with Crippen LogP contribution >= 0.6 is 0 Å². The van der Waals surface area contributed by atoms with Crippen molar-refractivity contribution in [2.24, 2.45) is 0 Å². The number of aliphatic hydroxyl groups excluding tert-OH is 1. The minimum atomic E-state index is -0.646. The maximum atomic E-state index is 15.0. The fraction of sp³-hybridized carbons (Fsp3) is 0.481. The van der Waals surface area contributed by atoms with Gasteiger partial charge in [0.2, 0.25) is 6.41 Å². The number of benzene rings is 1. The number of carbonyl (C=O) groups excluding carboxylic acids is 1. The highest BCUT2D eigenvalue weighted by Crippen LogP contribution is 2.32. The van der Waals surface area contributed by atoms with E-state index >= 15 is 0 Å². The van der Waals surface area contributed by atoms with Crippen LogP contribution in [0.25, 0.3) is 22.3 Å². The minimum absolute atomic E-state index is 0.225. The standard InChI is InChI=1S/C25H27FN4O5.C2H6/c26-17-9-18-19(10-22(28-18)35-21-12-34-24-20(32)11-33-25(21)24)29-23(17)14-1-3-16(4-2-14)30-7-5-15(6-8-30)27-13-31;1-2/h1-4,9-10,13,15,20-21,24-25,28,32H,5-8,11-12H2,(H,27,31);1-2H3/t20?,21?,24-,25-;/m1./s1. The number of fused-ring (bicyclic) bond motifs is 2. The molecule has 3 saturated heterocycles. The number of anilines is 1. The molecule has 3 aliphatic rings. The number of H-pyrrole nitrogens is 1. The Morgan fingerprint density at radius 1 is 1.14 bits per heavy atom. The second-order valence-corrected chi connectivity index (χ2v) is 9.30. The van der Waals surface area contributed by atoms with Gasteiger partial charge in [-0.25, -0.2) is 9.37 Å². The number of hydrogen-bond acceptors (Lipinski definition) is 7. The van der Waals surface area contributed by atoms with Gasteiger partial charge in [0.05, 0.1) is 24.2 Å². The quantitative estimate of drug-likeness (QED) is 0.436. The third-order valence-electron chi connectivity index (χ3n) is 7.10. The van der Waals surface area contributed by atoms with Crippen molar-refractivity contribution in [2.45, 2.75) is 57.1 Å². The number of hydrogen-bond donors (Lipinski definition) is 3. The van der Waals surface area contributed by atoms with Gasteiger partial charge < -0.3 is 34.5 Å². The molecule has 10 heteroatoms. The molecule has 0 saturated carbocycles.